The van der Waals surface area contributed by atoms with Gasteiger partial charge in [-0.15, -0.1) is 0 Å². The highest BCUT2D eigenvalue weighted by Gasteiger charge is 2.32. The number of hydrogen-bond acceptors (Lipinski definition) is 4. The second-order valence-corrected chi connectivity index (χ2v) is 9.28. The van der Waals surface area contributed by atoms with Gasteiger partial charge >= 0.3 is 7.60 Å². The molecule has 0 aromatic carbocycles. The van der Waals surface area contributed by atoms with Crippen LogP contribution < -0.4 is 5.32 Å². The van der Waals surface area contributed by atoms with Crippen LogP contribution in [0.2, 0.25) is 0 Å². The van der Waals surface area contributed by atoms with E-state index in [9.17, 15) is 9.36 Å². The van der Waals surface area contributed by atoms with Crippen LogP contribution in [0.15, 0.2) is 0 Å². The van der Waals surface area contributed by atoms with Crippen molar-refractivity contribution >= 4 is 13.5 Å². The second kappa shape index (κ2) is 16.8. The minimum Gasteiger partial charge on any atom is -0.342 e. The molecular formula is C20H42NO4P. The molecule has 0 unspecified atom stereocenters. The molecule has 0 aromatic heterocycles. The van der Waals surface area contributed by atoms with Gasteiger partial charge in [-0.3, -0.25) is 9.36 Å². The highest BCUT2D eigenvalue weighted by atomic mass is 31.2. The maximum absolute atomic E-state index is 12.5. The van der Waals surface area contributed by atoms with Gasteiger partial charge in [0, 0.05) is 6.42 Å². The van der Waals surface area contributed by atoms with Crippen molar-refractivity contribution in [3.05, 3.63) is 0 Å². The molecule has 0 saturated heterocycles. The van der Waals surface area contributed by atoms with Gasteiger partial charge in [0.15, 0.2) is 0 Å². The molecule has 1 amide bonds. The van der Waals surface area contributed by atoms with Crippen LogP contribution in [0.4, 0.5) is 0 Å². The van der Waals surface area contributed by atoms with E-state index < -0.39 is 13.4 Å². The van der Waals surface area contributed by atoms with Gasteiger partial charge in [0.1, 0.15) is 5.78 Å². The van der Waals surface area contributed by atoms with Crippen LogP contribution in [0.25, 0.3) is 0 Å². The maximum Gasteiger partial charge on any atom is 0.352 e. The van der Waals surface area contributed by atoms with Crippen molar-refractivity contribution in [2.45, 2.75) is 111 Å². The van der Waals surface area contributed by atoms with Crippen LogP contribution in [0.3, 0.4) is 0 Å². The molecule has 0 spiro atoms. The lowest BCUT2D eigenvalue weighted by Gasteiger charge is -2.24. The zero-order chi connectivity index (χ0) is 19.7. The number of amides is 1. The summed E-state index contributed by atoms with van der Waals surface area (Å²) in [5.74, 6) is -0.685. The molecule has 0 heterocycles. The molecule has 0 rings (SSSR count). The number of carbonyl (C=O) groups excluding carboxylic acids is 1. The number of nitrogens with one attached hydrogen (secondary N) is 1. The molecule has 0 aliphatic carbocycles. The zero-order valence-corrected chi connectivity index (χ0v) is 18.5. The Morgan fingerprint density at radius 3 is 1.65 bits per heavy atom. The predicted molar refractivity (Wildman–Crippen MR) is 110 cm³/mol. The van der Waals surface area contributed by atoms with Crippen molar-refractivity contribution in [1.29, 1.82) is 0 Å². The highest BCUT2D eigenvalue weighted by Crippen LogP contribution is 2.51. The third kappa shape index (κ3) is 12.9. The molecule has 0 bridgehead atoms. The minimum atomic E-state index is -3.26. The molecule has 156 valence electrons. The highest BCUT2D eigenvalue weighted by molar-refractivity contribution is 7.54. The zero-order valence-electron chi connectivity index (χ0n) is 17.6. The normalized spacial score (nSPS) is 12.9. The minimum absolute atomic E-state index is 0.0759. The Bertz CT molecular complexity index is 380. The fourth-order valence-corrected chi connectivity index (χ4v) is 4.50. The molecule has 0 radical (unpaired) electrons. The van der Waals surface area contributed by atoms with E-state index >= 15 is 0 Å². The van der Waals surface area contributed by atoms with E-state index in [-0.39, 0.29) is 5.91 Å². The molecule has 1 atom stereocenters. The second-order valence-electron chi connectivity index (χ2n) is 6.90. The van der Waals surface area contributed by atoms with Crippen molar-refractivity contribution in [2.75, 3.05) is 13.2 Å². The van der Waals surface area contributed by atoms with Gasteiger partial charge in [-0.25, -0.2) is 0 Å². The van der Waals surface area contributed by atoms with E-state index in [1.807, 2.05) is 0 Å². The van der Waals surface area contributed by atoms with Gasteiger partial charge in [0.2, 0.25) is 5.91 Å². The quantitative estimate of drug-likeness (QED) is 0.216. The first-order chi connectivity index (χ1) is 12.5. The molecular weight excluding hydrogens is 349 g/mol. The maximum atomic E-state index is 12.5. The average Bonchev–Trinajstić information content (AvgIpc) is 2.60. The first-order valence-electron chi connectivity index (χ1n) is 10.7. The lowest BCUT2D eigenvalue weighted by molar-refractivity contribution is -0.121. The van der Waals surface area contributed by atoms with Gasteiger partial charge in [-0.05, 0) is 27.2 Å². The summed E-state index contributed by atoms with van der Waals surface area (Å²) in [7, 11) is -3.26. The van der Waals surface area contributed by atoms with Gasteiger partial charge in [0.05, 0.1) is 13.2 Å². The number of hydrogen-bond donors (Lipinski definition) is 1. The summed E-state index contributed by atoms with van der Waals surface area (Å²) >= 11 is 0. The van der Waals surface area contributed by atoms with Crippen molar-refractivity contribution < 1.29 is 18.4 Å². The van der Waals surface area contributed by atoms with Gasteiger partial charge in [-0.2, -0.15) is 0 Å². The Kier molecular flexibility index (Phi) is 16.5. The lowest BCUT2D eigenvalue weighted by Crippen LogP contribution is -2.33. The van der Waals surface area contributed by atoms with Gasteiger partial charge < -0.3 is 14.4 Å². The Labute approximate surface area is 161 Å². The fraction of sp³-hybridized carbons (Fsp3) is 0.950. The molecule has 0 aliphatic rings. The molecule has 0 saturated carbocycles. The van der Waals surface area contributed by atoms with E-state index in [0.717, 1.165) is 12.8 Å². The molecule has 0 aliphatic heterocycles. The topological polar surface area (TPSA) is 64.6 Å². The van der Waals surface area contributed by atoms with Crippen LogP contribution in [-0.2, 0) is 18.4 Å². The summed E-state index contributed by atoms with van der Waals surface area (Å²) in [6, 6.07) is 0. The SMILES string of the molecule is CCCCCCCCCCCCCC(=O)N[C@H](C)P(=O)(OCC)OCC. The lowest BCUT2D eigenvalue weighted by atomic mass is 10.1. The standard InChI is InChI=1S/C20H42NO4P/c1-5-8-9-10-11-12-13-14-15-16-17-18-20(22)21-19(4)26(23,24-6-2)25-7-3/h19H,5-18H2,1-4H3,(H,21,22)/t19-/m0/s1. The van der Waals surface area contributed by atoms with Crippen molar-refractivity contribution in [3.63, 3.8) is 0 Å². The number of carbonyl (C=O) groups is 1. The summed E-state index contributed by atoms with van der Waals surface area (Å²) in [6.45, 7) is 8.07. The Morgan fingerprint density at radius 1 is 0.808 bits per heavy atom. The van der Waals surface area contributed by atoms with E-state index in [2.05, 4.69) is 12.2 Å². The summed E-state index contributed by atoms with van der Waals surface area (Å²) in [5, 5.41) is 2.77. The first kappa shape index (κ1) is 25.6. The Balaban J connectivity index is 3.72. The summed E-state index contributed by atoms with van der Waals surface area (Å²) in [4.78, 5) is 12.0. The Morgan fingerprint density at radius 2 is 1.23 bits per heavy atom. The third-order valence-electron chi connectivity index (χ3n) is 4.47. The monoisotopic (exact) mass is 391 g/mol. The molecule has 1 N–H and O–H groups in total. The van der Waals surface area contributed by atoms with Crippen LogP contribution >= 0.6 is 7.60 Å². The van der Waals surface area contributed by atoms with Crippen LogP contribution in [0, 0.1) is 0 Å². The third-order valence-corrected chi connectivity index (χ3v) is 6.78. The fourth-order valence-electron chi connectivity index (χ4n) is 2.95. The number of unbranched alkanes of at least 4 members (excludes halogenated alkanes) is 10. The predicted octanol–water partition coefficient (Wildman–Crippen LogP) is 6.42. The Hall–Kier alpha value is -0.380. The molecule has 0 fully saturated rings. The summed E-state index contributed by atoms with van der Waals surface area (Å²) < 4.78 is 23.1. The first-order valence-corrected chi connectivity index (χ1v) is 12.3. The van der Waals surface area contributed by atoms with E-state index in [0.29, 0.717) is 19.6 Å². The number of rotatable bonds is 18. The van der Waals surface area contributed by atoms with Crippen molar-refractivity contribution in [3.8, 4) is 0 Å². The van der Waals surface area contributed by atoms with Crippen molar-refractivity contribution in [2.24, 2.45) is 0 Å². The van der Waals surface area contributed by atoms with Gasteiger partial charge in [-0.1, -0.05) is 71.1 Å². The van der Waals surface area contributed by atoms with Crippen molar-refractivity contribution in [1.82, 2.24) is 5.32 Å². The largest absolute Gasteiger partial charge is 0.352 e. The molecule has 6 heteroatoms. The van der Waals surface area contributed by atoms with Crippen LogP contribution in [0.5, 0.6) is 0 Å². The van der Waals surface area contributed by atoms with Crippen LogP contribution in [0.1, 0.15) is 105 Å². The average molecular weight is 392 g/mol. The molecule has 5 nitrogen and oxygen atoms in total. The van der Waals surface area contributed by atoms with Gasteiger partial charge in [0.25, 0.3) is 0 Å². The molecule has 0 aromatic rings. The summed E-state index contributed by atoms with van der Waals surface area (Å²) in [6.07, 6.45) is 14.3. The van der Waals surface area contributed by atoms with E-state index in [1.165, 1.54) is 57.8 Å². The van der Waals surface area contributed by atoms with E-state index in [1.54, 1.807) is 20.8 Å². The smallest absolute Gasteiger partial charge is 0.342 e. The summed E-state index contributed by atoms with van der Waals surface area (Å²) in [5.41, 5.74) is 0. The van der Waals surface area contributed by atoms with Crippen LogP contribution in [-0.4, -0.2) is 24.9 Å². The molecule has 26 heavy (non-hydrogen) atoms. The van der Waals surface area contributed by atoms with E-state index in [4.69, 9.17) is 9.05 Å².